The van der Waals surface area contributed by atoms with Gasteiger partial charge in [0.15, 0.2) is 0 Å². The van der Waals surface area contributed by atoms with Crippen LogP contribution in [-0.2, 0) is 0 Å². The van der Waals surface area contributed by atoms with Crippen LogP contribution in [0, 0.1) is 0 Å². The van der Waals surface area contributed by atoms with E-state index in [-0.39, 0.29) is 0 Å². The molecule has 1 aromatic rings. The SMILES string of the molecule is CCCNc1ccc(N=C(C)N)cc1. The van der Waals surface area contributed by atoms with E-state index in [0.717, 1.165) is 24.3 Å². The van der Waals surface area contributed by atoms with E-state index in [2.05, 4.69) is 17.2 Å². The van der Waals surface area contributed by atoms with Crippen LogP contribution in [0.2, 0.25) is 0 Å². The summed E-state index contributed by atoms with van der Waals surface area (Å²) in [7, 11) is 0. The van der Waals surface area contributed by atoms with Crippen molar-refractivity contribution < 1.29 is 0 Å². The molecule has 0 aromatic heterocycles. The third-order valence-electron chi connectivity index (χ3n) is 1.75. The molecule has 0 amide bonds. The molecule has 0 fully saturated rings. The zero-order valence-corrected chi connectivity index (χ0v) is 8.75. The molecular weight excluding hydrogens is 174 g/mol. The summed E-state index contributed by atoms with van der Waals surface area (Å²) in [5.74, 6) is 0.583. The second-order valence-electron chi connectivity index (χ2n) is 3.23. The van der Waals surface area contributed by atoms with E-state index >= 15 is 0 Å². The van der Waals surface area contributed by atoms with E-state index in [1.807, 2.05) is 24.3 Å². The zero-order chi connectivity index (χ0) is 10.4. The van der Waals surface area contributed by atoms with Gasteiger partial charge >= 0.3 is 0 Å². The number of aliphatic imine (C=N–C) groups is 1. The fourth-order valence-electron chi connectivity index (χ4n) is 1.13. The van der Waals surface area contributed by atoms with Gasteiger partial charge in [0, 0.05) is 12.2 Å². The largest absolute Gasteiger partial charge is 0.387 e. The van der Waals surface area contributed by atoms with Gasteiger partial charge in [-0.1, -0.05) is 6.92 Å². The Balaban J connectivity index is 2.64. The number of nitrogens with two attached hydrogens (primary N) is 1. The Labute approximate surface area is 85.0 Å². The molecule has 0 aliphatic heterocycles. The van der Waals surface area contributed by atoms with Crippen molar-refractivity contribution in [3.8, 4) is 0 Å². The van der Waals surface area contributed by atoms with Crippen LogP contribution in [0.1, 0.15) is 20.3 Å². The molecule has 1 aromatic carbocycles. The first kappa shape index (κ1) is 10.6. The van der Waals surface area contributed by atoms with Gasteiger partial charge < -0.3 is 11.1 Å². The molecular formula is C11H17N3. The summed E-state index contributed by atoms with van der Waals surface area (Å²) in [6, 6.07) is 7.93. The van der Waals surface area contributed by atoms with Gasteiger partial charge in [-0.05, 0) is 37.6 Å². The summed E-state index contributed by atoms with van der Waals surface area (Å²) < 4.78 is 0. The van der Waals surface area contributed by atoms with Crippen LogP contribution >= 0.6 is 0 Å². The van der Waals surface area contributed by atoms with Crippen molar-refractivity contribution in [3.63, 3.8) is 0 Å². The molecule has 0 unspecified atom stereocenters. The van der Waals surface area contributed by atoms with Gasteiger partial charge in [-0.15, -0.1) is 0 Å². The normalized spacial score (nSPS) is 11.4. The summed E-state index contributed by atoms with van der Waals surface area (Å²) in [4.78, 5) is 4.15. The molecule has 0 radical (unpaired) electrons. The summed E-state index contributed by atoms with van der Waals surface area (Å²) in [5.41, 5.74) is 7.50. The molecule has 3 heteroatoms. The first-order valence-corrected chi connectivity index (χ1v) is 4.87. The Morgan fingerprint density at radius 3 is 2.50 bits per heavy atom. The predicted molar refractivity (Wildman–Crippen MR) is 62.2 cm³/mol. The molecule has 0 saturated heterocycles. The standard InChI is InChI=1S/C11H17N3/c1-3-8-13-10-4-6-11(7-5-10)14-9(2)12/h4-7,13H,3,8H2,1-2H3,(H2,12,14). The van der Waals surface area contributed by atoms with Crippen molar-refractivity contribution in [3.05, 3.63) is 24.3 Å². The highest BCUT2D eigenvalue weighted by atomic mass is 14.9. The summed E-state index contributed by atoms with van der Waals surface area (Å²) in [6.45, 7) is 4.92. The quantitative estimate of drug-likeness (QED) is 0.567. The zero-order valence-electron chi connectivity index (χ0n) is 8.75. The van der Waals surface area contributed by atoms with Crippen molar-refractivity contribution in [2.24, 2.45) is 10.7 Å². The molecule has 0 bridgehead atoms. The summed E-state index contributed by atoms with van der Waals surface area (Å²) >= 11 is 0. The highest BCUT2D eigenvalue weighted by Gasteiger charge is 1.91. The monoisotopic (exact) mass is 191 g/mol. The average molecular weight is 191 g/mol. The molecule has 1 rings (SSSR count). The van der Waals surface area contributed by atoms with Crippen LogP contribution in [0.3, 0.4) is 0 Å². The maximum absolute atomic E-state index is 5.48. The second kappa shape index (κ2) is 5.27. The van der Waals surface area contributed by atoms with Crippen molar-refractivity contribution in [2.75, 3.05) is 11.9 Å². The Bertz CT molecular complexity index is 297. The van der Waals surface area contributed by atoms with Crippen molar-refractivity contribution in [2.45, 2.75) is 20.3 Å². The Kier molecular flexibility index (Phi) is 3.98. The smallest absolute Gasteiger partial charge is 0.0964 e. The molecule has 0 aliphatic carbocycles. The fraction of sp³-hybridized carbons (Fsp3) is 0.364. The lowest BCUT2D eigenvalue weighted by Gasteiger charge is -2.04. The molecule has 14 heavy (non-hydrogen) atoms. The van der Waals surface area contributed by atoms with Crippen molar-refractivity contribution in [1.82, 2.24) is 0 Å². The minimum absolute atomic E-state index is 0.583. The fourth-order valence-corrected chi connectivity index (χ4v) is 1.13. The van der Waals surface area contributed by atoms with Crippen LogP contribution < -0.4 is 11.1 Å². The van der Waals surface area contributed by atoms with E-state index in [1.165, 1.54) is 0 Å². The van der Waals surface area contributed by atoms with Crippen molar-refractivity contribution in [1.29, 1.82) is 0 Å². The minimum atomic E-state index is 0.583. The maximum atomic E-state index is 5.48. The van der Waals surface area contributed by atoms with Crippen LogP contribution in [0.15, 0.2) is 29.3 Å². The Morgan fingerprint density at radius 1 is 1.36 bits per heavy atom. The number of amidine groups is 1. The van der Waals surface area contributed by atoms with Gasteiger partial charge in [-0.3, -0.25) is 0 Å². The first-order chi connectivity index (χ1) is 6.72. The lowest BCUT2D eigenvalue weighted by Crippen LogP contribution is -2.03. The number of anilines is 1. The third-order valence-corrected chi connectivity index (χ3v) is 1.75. The molecule has 0 saturated carbocycles. The van der Waals surface area contributed by atoms with Gasteiger partial charge in [0.25, 0.3) is 0 Å². The number of hydrogen-bond acceptors (Lipinski definition) is 2. The molecule has 3 N–H and O–H groups in total. The highest BCUT2D eigenvalue weighted by Crippen LogP contribution is 2.15. The summed E-state index contributed by atoms with van der Waals surface area (Å²) in [5, 5.41) is 3.30. The lowest BCUT2D eigenvalue weighted by molar-refractivity contribution is 0.980. The highest BCUT2D eigenvalue weighted by molar-refractivity contribution is 5.80. The number of nitrogens with one attached hydrogen (secondary N) is 1. The molecule has 0 heterocycles. The van der Waals surface area contributed by atoms with Crippen LogP contribution in [0.25, 0.3) is 0 Å². The van der Waals surface area contributed by atoms with E-state index in [4.69, 9.17) is 5.73 Å². The Morgan fingerprint density at radius 2 is 2.00 bits per heavy atom. The van der Waals surface area contributed by atoms with Crippen LogP contribution in [0.5, 0.6) is 0 Å². The number of hydrogen-bond donors (Lipinski definition) is 2. The number of nitrogens with zero attached hydrogens (tertiary/aromatic N) is 1. The molecule has 0 atom stereocenters. The van der Waals surface area contributed by atoms with Gasteiger partial charge in [-0.25, -0.2) is 4.99 Å². The number of rotatable bonds is 4. The van der Waals surface area contributed by atoms with Crippen LogP contribution in [-0.4, -0.2) is 12.4 Å². The first-order valence-electron chi connectivity index (χ1n) is 4.87. The van der Waals surface area contributed by atoms with E-state index in [0.29, 0.717) is 5.84 Å². The van der Waals surface area contributed by atoms with E-state index in [1.54, 1.807) is 6.92 Å². The van der Waals surface area contributed by atoms with Crippen LogP contribution in [0.4, 0.5) is 11.4 Å². The van der Waals surface area contributed by atoms with Gasteiger partial charge in [0.05, 0.1) is 11.5 Å². The van der Waals surface area contributed by atoms with Crippen molar-refractivity contribution >= 4 is 17.2 Å². The molecule has 3 nitrogen and oxygen atoms in total. The topological polar surface area (TPSA) is 50.4 Å². The second-order valence-corrected chi connectivity index (χ2v) is 3.23. The van der Waals surface area contributed by atoms with E-state index in [9.17, 15) is 0 Å². The average Bonchev–Trinajstić information content (AvgIpc) is 2.16. The van der Waals surface area contributed by atoms with Gasteiger partial charge in [0.2, 0.25) is 0 Å². The maximum Gasteiger partial charge on any atom is 0.0964 e. The van der Waals surface area contributed by atoms with E-state index < -0.39 is 0 Å². The molecule has 0 aliphatic rings. The number of benzene rings is 1. The Hall–Kier alpha value is -1.51. The third kappa shape index (κ3) is 3.47. The summed E-state index contributed by atoms with van der Waals surface area (Å²) in [6.07, 6.45) is 1.13. The van der Waals surface area contributed by atoms with Gasteiger partial charge in [0.1, 0.15) is 0 Å². The molecule has 76 valence electrons. The minimum Gasteiger partial charge on any atom is -0.387 e. The molecule has 0 spiro atoms. The lowest BCUT2D eigenvalue weighted by atomic mass is 10.3. The van der Waals surface area contributed by atoms with Gasteiger partial charge in [-0.2, -0.15) is 0 Å². The predicted octanol–water partition coefficient (Wildman–Crippen LogP) is 2.52.